The van der Waals surface area contributed by atoms with Crippen LogP contribution in [0.25, 0.3) is 0 Å². The summed E-state index contributed by atoms with van der Waals surface area (Å²) in [5, 5.41) is 0. The van der Waals surface area contributed by atoms with Gasteiger partial charge in [-0.25, -0.2) is 0 Å². The molecule has 94 valence electrons. The molecule has 1 nitrogen and oxygen atoms in total. The first kappa shape index (κ1) is 13.8. The molecule has 0 spiro atoms. The van der Waals surface area contributed by atoms with E-state index in [4.69, 9.17) is 16.3 Å². The number of thioether (sulfide) groups is 1. The molecule has 2 aromatic carbocycles. The molecule has 0 unspecified atom stereocenters. The summed E-state index contributed by atoms with van der Waals surface area (Å²) < 4.78 is 6.86. The number of para-hydroxylation sites is 1. The molecule has 0 saturated heterocycles. The molecule has 0 heterocycles. The SMILES string of the molecule is CSc1ccccc1Oc1ccc(CCl)c(Br)c1. The van der Waals surface area contributed by atoms with E-state index in [1.165, 1.54) is 0 Å². The fourth-order valence-electron chi connectivity index (χ4n) is 1.53. The van der Waals surface area contributed by atoms with Crippen molar-refractivity contribution in [3.05, 3.63) is 52.5 Å². The minimum Gasteiger partial charge on any atom is -0.456 e. The highest BCUT2D eigenvalue weighted by molar-refractivity contribution is 9.10. The topological polar surface area (TPSA) is 9.23 Å². The molecule has 0 aromatic heterocycles. The van der Waals surface area contributed by atoms with E-state index in [-0.39, 0.29) is 0 Å². The van der Waals surface area contributed by atoms with Crippen LogP contribution in [0, 0.1) is 0 Å². The molecule has 0 bridgehead atoms. The minimum absolute atomic E-state index is 0.488. The summed E-state index contributed by atoms with van der Waals surface area (Å²) >= 11 is 11.0. The van der Waals surface area contributed by atoms with Crippen molar-refractivity contribution in [2.75, 3.05) is 6.26 Å². The second kappa shape index (κ2) is 6.50. The zero-order chi connectivity index (χ0) is 13.0. The van der Waals surface area contributed by atoms with Gasteiger partial charge in [-0.2, -0.15) is 0 Å². The van der Waals surface area contributed by atoms with E-state index in [1.54, 1.807) is 11.8 Å². The third-order valence-electron chi connectivity index (χ3n) is 2.47. The van der Waals surface area contributed by atoms with Crippen molar-refractivity contribution in [3.63, 3.8) is 0 Å². The lowest BCUT2D eigenvalue weighted by molar-refractivity contribution is 0.470. The summed E-state index contributed by atoms with van der Waals surface area (Å²) in [5.41, 5.74) is 1.06. The molecule has 0 aliphatic carbocycles. The van der Waals surface area contributed by atoms with Crippen molar-refractivity contribution in [2.45, 2.75) is 10.8 Å². The lowest BCUT2D eigenvalue weighted by Crippen LogP contribution is -1.88. The van der Waals surface area contributed by atoms with Gasteiger partial charge in [0.2, 0.25) is 0 Å². The average Bonchev–Trinajstić information content (AvgIpc) is 2.39. The van der Waals surface area contributed by atoms with Crippen LogP contribution in [-0.4, -0.2) is 6.26 Å². The summed E-state index contributed by atoms with van der Waals surface area (Å²) in [7, 11) is 0. The molecule has 0 aliphatic heterocycles. The van der Waals surface area contributed by atoms with Crippen molar-refractivity contribution < 1.29 is 4.74 Å². The van der Waals surface area contributed by atoms with Crippen LogP contribution >= 0.6 is 39.3 Å². The molecule has 0 radical (unpaired) electrons. The van der Waals surface area contributed by atoms with Crippen molar-refractivity contribution in [3.8, 4) is 11.5 Å². The van der Waals surface area contributed by atoms with E-state index in [9.17, 15) is 0 Å². The van der Waals surface area contributed by atoms with Crippen LogP contribution < -0.4 is 4.74 Å². The summed E-state index contributed by atoms with van der Waals surface area (Å²) in [6.45, 7) is 0. The van der Waals surface area contributed by atoms with Crippen molar-refractivity contribution in [1.82, 2.24) is 0 Å². The molecule has 0 fully saturated rings. The van der Waals surface area contributed by atoms with Crippen molar-refractivity contribution in [2.24, 2.45) is 0 Å². The smallest absolute Gasteiger partial charge is 0.140 e. The van der Waals surface area contributed by atoms with Gasteiger partial charge in [0, 0.05) is 15.2 Å². The maximum atomic E-state index is 5.89. The zero-order valence-corrected chi connectivity index (χ0v) is 13.0. The first-order chi connectivity index (χ1) is 8.74. The molecule has 0 amide bonds. The molecule has 0 atom stereocenters. The minimum atomic E-state index is 0.488. The highest BCUT2D eigenvalue weighted by Gasteiger charge is 2.05. The van der Waals surface area contributed by atoms with E-state index in [0.717, 1.165) is 26.4 Å². The Morgan fingerprint density at radius 3 is 2.67 bits per heavy atom. The number of ether oxygens (including phenoxy) is 1. The summed E-state index contributed by atoms with van der Waals surface area (Å²) in [5.74, 6) is 2.16. The van der Waals surface area contributed by atoms with Gasteiger partial charge < -0.3 is 4.74 Å². The highest BCUT2D eigenvalue weighted by Crippen LogP contribution is 2.33. The molecule has 18 heavy (non-hydrogen) atoms. The number of benzene rings is 2. The molecule has 0 saturated carbocycles. The monoisotopic (exact) mass is 342 g/mol. The Morgan fingerprint density at radius 1 is 1.22 bits per heavy atom. The van der Waals surface area contributed by atoms with E-state index in [0.29, 0.717) is 5.88 Å². The fourth-order valence-corrected chi connectivity index (χ4v) is 2.95. The van der Waals surface area contributed by atoms with Crippen LogP contribution in [0.2, 0.25) is 0 Å². The molecule has 0 N–H and O–H groups in total. The normalized spacial score (nSPS) is 10.4. The first-order valence-corrected chi connectivity index (χ1v) is 7.95. The lowest BCUT2D eigenvalue weighted by atomic mass is 10.2. The standard InChI is InChI=1S/C14H12BrClOS/c1-18-14-5-3-2-4-13(14)17-11-7-6-10(9-16)12(15)8-11/h2-8H,9H2,1H3. The van der Waals surface area contributed by atoms with Crippen LogP contribution in [0.3, 0.4) is 0 Å². The van der Waals surface area contributed by atoms with Crippen LogP contribution in [0.15, 0.2) is 51.8 Å². The number of halogens is 2. The van der Waals surface area contributed by atoms with E-state index >= 15 is 0 Å². The van der Waals surface area contributed by atoms with Crippen LogP contribution in [0.4, 0.5) is 0 Å². The van der Waals surface area contributed by atoms with Gasteiger partial charge in [-0.05, 0) is 36.1 Å². The predicted octanol–water partition coefficient (Wildman–Crippen LogP) is 5.70. The Morgan fingerprint density at radius 2 is 2.00 bits per heavy atom. The van der Waals surface area contributed by atoms with Gasteiger partial charge in [0.1, 0.15) is 11.5 Å². The lowest BCUT2D eigenvalue weighted by Gasteiger charge is -2.10. The van der Waals surface area contributed by atoms with Crippen molar-refractivity contribution in [1.29, 1.82) is 0 Å². The predicted molar refractivity (Wildman–Crippen MR) is 82.0 cm³/mol. The molecular weight excluding hydrogens is 332 g/mol. The van der Waals surface area contributed by atoms with Gasteiger partial charge in [0.05, 0.1) is 0 Å². The van der Waals surface area contributed by atoms with E-state index in [2.05, 4.69) is 15.9 Å². The molecule has 2 rings (SSSR count). The number of alkyl halides is 1. The maximum Gasteiger partial charge on any atom is 0.140 e. The largest absolute Gasteiger partial charge is 0.456 e. The van der Waals surface area contributed by atoms with Gasteiger partial charge >= 0.3 is 0 Å². The second-order valence-electron chi connectivity index (χ2n) is 3.64. The number of hydrogen-bond donors (Lipinski definition) is 0. The Hall–Kier alpha value is -0.640. The first-order valence-electron chi connectivity index (χ1n) is 5.40. The van der Waals surface area contributed by atoms with Gasteiger partial charge in [0.25, 0.3) is 0 Å². The maximum absolute atomic E-state index is 5.89. The Labute approximate surface area is 125 Å². The van der Waals surface area contributed by atoms with Crippen LogP contribution in [-0.2, 0) is 5.88 Å². The quantitative estimate of drug-likeness (QED) is 0.520. The second-order valence-corrected chi connectivity index (χ2v) is 5.61. The fraction of sp³-hybridized carbons (Fsp3) is 0.143. The zero-order valence-electron chi connectivity index (χ0n) is 9.82. The molecular formula is C14H12BrClOS. The third-order valence-corrected chi connectivity index (χ3v) is 4.27. The van der Waals surface area contributed by atoms with Crippen LogP contribution in [0.1, 0.15) is 5.56 Å². The summed E-state index contributed by atoms with van der Waals surface area (Å²) in [6, 6.07) is 13.8. The van der Waals surface area contributed by atoms with Gasteiger partial charge in [-0.15, -0.1) is 23.4 Å². The molecule has 0 aliphatic rings. The highest BCUT2D eigenvalue weighted by atomic mass is 79.9. The average molecular weight is 344 g/mol. The molecule has 2 aromatic rings. The van der Waals surface area contributed by atoms with E-state index < -0.39 is 0 Å². The Balaban J connectivity index is 2.26. The van der Waals surface area contributed by atoms with Gasteiger partial charge in [-0.1, -0.05) is 34.1 Å². The summed E-state index contributed by atoms with van der Waals surface area (Å²) in [6.07, 6.45) is 2.04. The Bertz CT molecular complexity index is 545. The van der Waals surface area contributed by atoms with E-state index in [1.807, 2.05) is 48.7 Å². The van der Waals surface area contributed by atoms with Gasteiger partial charge in [0.15, 0.2) is 0 Å². The summed E-state index contributed by atoms with van der Waals surface area (Å²) in [4.78, 5) is 1.12. The van der Waals surface area contributed by atoms with Crippen molar-refractivity contribution >= 4 is 39.3 Å². The molecule has 4 heteroatoms. The number of hydrogen-bond acceptors (Lipinski definition) is 2. The number of rotatable bonds is 4. The Kier molecular flexibility index (Phi) is 4.98. The van der Waals surface area contributed by atoms with Crippen LogP contribution in [0.5, 0.6) is 11.5 Å². The third kappa shape index (κ3) is 3.22. The van der Waals surface area contributed by atoms with Gasteiger partial charge in [-0.3, -0.25) is 0 Å².